The molecule has 2 atom stereocenters. The lowest BCUT2D eigenvalue weighted by molar-refractivity contribution is -0.140. The minimum absolute atomic E-state index is 0.217. The van der Waals surface area contributed by atoms with E-state index < -0.39 is 17.6 Å². The molecule has 1 rings (SSSR count). The Morgan fingerprint density at radius 3 is 2.33 bits per heavy atom. The fourth-order valence-electron chi connectivity index (χ4n) is 2.34. The van der Waals surface area contributed by atoms with Crippen molar-refractivity contribution in [3.63, 3.8) is 0 Å². The Kier molecular flexibility index (Phi) is 6.61. The van der Waals surface area contributed by atoms with Crippen LogP contribution < -0.4 is 5.32 Å². The van der Waals surface area contributed by atoms with Gasteiger partial charge in [-0.1, -0.05) is 26.3 Å². The largest absolute Gasteiger partial charge is 0.419 e. The summed E-state index contributed by atoms with van der Waals surface area (Å²) >= 11 is 0. The molecule has 0 heterocycles. The van der Waals surface area contributed by atoms with Gasteiger partial charge in [0, 0.05) is 7.11 Å². The smallest absolute Gasteiger partial charge is 0.379 e. The first-order valence-corrected chi connectivity index (χ1v) is 6.97. The van der Waals surface area contributed by atoms with Crippen LogP contribution in [0.15, 0.2) is 18.2 Å². The molecule has 2 nitrogen and oxygen atoms in total. The number of methoxy groups -OCH3 is 1. The summed E-state index contributed by atoms with van der Waals surface area (Å²) in [6.07, 6.45) is -3.30. The number of ether oxygens (including phenoxy) is 1. The molecule has 0 radical (unpaired) electrons. The van der Waals surface area contributed by atoms with Crippen LogP contribution >= 0.6 is 0 Å². The molecule has 1 aromatic rings. The standard InChI is InChI=1S/C15H21F4NO/c1-4-6-13(21-3)14(20-5-2)10-7-8-11(12(16)9-10)15(17,18)19/h7-9,13-14,20H,4-6H2,1-3H3. The fraction of sp³-hybridized carbons (Fsp3) is 0.600. The zero-order valence-corrected chi connectivity index (χ0v) is 12.4. The fourth-order valence-corrected chi connectivity index (χ4v) is 2.34. The summed E-state index contributed by atoms with van der Waals surface area (Å²) in [5.41, 5.74) is -0.784. The van der Waals surface area contributed by atoms with E-state index in [-0.39, 0.29) is 12.1 Å². The van der Waals surface area contributed by atoms with E-state index in [4.69, 9.17) is 4.74 Å². The maximum atomic E-state index is 13.7. The highest BCUT2D eigenvalue weighted by Crippen LogP contribution is 2.33. The maximum absolute atomic E-state index is 13.7. The second-order valence-electron chi connectivity index (χ2n) is 4.84. The van der Waals surface area contributed by atoms with Crippen LogP contribution in [0.3, 0.4) is 0 Å². The van der Waals surface area contributed by atoms with Gasteiger partial charge < -0.3 is 10.1 Å². The average Bonchev–Trinajstić information content (AvgIpc) is 2.41. The summed E-state index contributed by atoms with van der Waals surface area (Å²) in [7, 11) is 1.55. The average molecular weight is 307 g/mol. The predicted molar refractivity (Wildman–Crippen MR) is 73.5 cm³/mol. The number of benzene rings is 1. The van der Waals surface area contributed by atoms with E-state index in [9.17, 15) is 17.6 Å². The van der Waals surface area contributed by atoms with Crippen molar-refractivity contribution in [1.82, 2.24) is 5.32 Å². The zero-order valence-electron chi connectivity index (χ0n) is 12.4. The van der Waals surface area contributed by atoms with Crippen LogP contribution in [0.25, 0.3) is 0 Å². The third-order valence-corrected chi connectivity index (χ3v) is 3.33. The van der Waals surface area contributed by atoms with Gasteiger partial charge in [-0.05, 0) is 30.7 Å². The Hall–Kier alpha value is -1.14. The molecule has 120 valence electrons. The topological polar surface area (TPSA) is 21.3 Å². The van der Waals surface area contributed by atoms with Gasteiger partial charge in [-0.15, -0.1) is 0 Å². The van der Waals surface area contributed by atoms with Gasteiger partial charge in [-0.2, -0.15) is 13.2 Å². The molecule has 0 aliphatic carbocycles. The van der Waals surface area contributed by atoms with Crippen LogP contribution in [-0.2, 0) is 10.9 Å². The van der Waals surface area contributed by atoms with E-state index in [0.717, 1.165) is 25.0 Å². The molecule has 0 fully saturated rings. The van der Waals surface area contributed by atoms with Crippen molar-refractivity contribution < 1.29 is 22.3 Å². The second kappa shape index (κ2) is 7.75. The minimum Gasteiger partial charge on any atom is -0.379 e. The minimum atomic E-state index is -4.68. The normalized spacial score (nSPS) is 15.0. The van der Waals surface area contributed by atoms with Crippen LogP contribution in [0.1, 0.15) is 43.9 Å². The lowest BCUT2D eigenvalue weighted by atomic mass is 9.96. The lowest BCUT2D eigenvalue weighted by Crippen LogP contribution is -2.33. The van der Waals surface area contributed by atoms with E-state index in [2.05, 4.69) is 5.32 Å². The Bertz CT molecular complexity index is 448. The molecule has 0 amide bonds. The van der Waals surface area contributed by atoms with Crippen molar-refractivity contribution in [3.8, 4) is 0 Å². The lowest BCUT2D eigenvalue weighted by Gasteiger charge is -2.27. The predicted octanol–water partition coefficient (Wildman–Crippen LogP) is 4.31. The molecule has 0 aliphatic rings. The molecule has 0 bridgehead atoms. The van der Waals surface area contributed by atoms with E-state index in [1.807, 2.05) is 13.8 Å². The van der Waals surface area contributed by atoms with E-state index in [0.29, 0.717) is 12.1 Å². The number of nitrogens with one attached hydrogen (secondary N) is 1. The monoisotopic (exact) mass is 307 g/mol. The molecule has 6 heteroatoms. The van der Waals surface area contributed by atoms with Crippen molar-refractivity contribution in [3.05, 3.63) is 35.1 Å². The van der Waals surface area contributed by atoms with Crippen LogP contribution in [-0.4, -0.2) is 19.8 Å². The van der Waals surface area contributed by atoms with Gasteiger partial charge in [0.05, 0.1) is 17.7 Å². The molecule has 2 unspecified atom stereocenters. The van der Waals surface area contributed by atoms with Crippen molar-refractivity contribution in [1.29, 1.82) is 0 Å². The first kappa shape index (κ1) is 17.9. The summed E-state index contributed by atoms with van der Waals surface area (Å²) in [5, 5.41) is 3.15. The quantitative estimate of drug-likeness (QED) is 0.758. The molecule has 0 aromatic heterocycles. The number of hydrogen-bond donors (Lipinski definition) is 1. The third kappa shape index (κ3) is 4.68. The Balaban J connectivity index is 3.12. The summed E-state index contributed by atoms with van der Waals surface area (Å²) in [5.74, 6) is -1.26. The highest BCUT2D eigenvalue weighted by atomic mass is 19.4. The number of rotatable bonds is 7. The van der Waals surface area contributed by atoms with Gasteiger partial charge in [-0.25, -0.2) is 4.39 Å². The van der Waals surface area contributed by atoms with Gasteiger partial charge in [0.25, 0.3) is 0 Å². The van der Waals surface area contributed by atoms with Gasteiger partial charge in [0.15, 0.2) is 0 Å². The van der Waals surface area contributed by atoms with Crippen molar-refractivity contribution >= 4 is 0 Å². The van der Waals surface area contributed by atoms with Gasteiger partial charge in [0.2, 0.25) is 0 Å². The highest BCUT2D eigenvalue weighted by Gasteiger charge is 2.34. The molecule has 0 spiro atoms. The summed E-state index contributed by atoms with van der Waals surface area (Å²) in [6.45, 7) is 4.48. The van der Waals surface area contributed by atoms with Gasteiger partial charge >= 0.3 is 6.18 Å². The molecular weight excluding hydrogens is 286 g/mol. The van der Waals surface area contributed by atoms with Crippen LogP contribution in [0.5, 0.6) is 0 Å². The third-order valence-electron chi connectivity index (χ3n) is 3.33. The summed E-state index contributed by atoms with van der Waals surface area (Å²) in [6, 6.07) is 2.70. The Labute approximate surface area is 122 Å². The number of likely N-dealkylation sites (N-methyl/N-ethyl adjacent to an activating group) is 1. The van der Waals surface area contributed by atoms with Crippen molar-refractivity contribution in [2.24, 2.45) is 0 Å². The molecule has 0 saturated carbocycles. The second-order valence-corrected chi connectivity index (χ2v) is 4.84. The maximum Gasteiger partial charge on any atom is 0.419 e. The van der Waals surface area contributed by atoms with E-state index in [1.54, 1.807) is 7.11 Å². The summed E-state index contributed by atoms with van der Waals surface area (Å²) < 4.78 is 56.9. The van der Waals surface area contributed by atoms with Crippen LogP contribution in [0.2, 0.25) is 0 Å². The molecule has 0 aliphatic heterocycles. The number of hydrogen-bond acceptors (Lipinski definition) is 2. The molecule has 1 aromatic carbocycles. The Morgan fingerprint density at radius 2 is 1.90 bits per heavy atom. The molecule has 1 N–H and O–H groups in total. The first-order valence-electron chi connectivity index (χ1n) is 6.97. The summed E-state index contributed by atoms with van der Waals surface area (Å²) in [4.78, 5) is 0. The first-order chi connectivity index (χ1) is 9.85. The van der Waals surface area contributed by atoms with Crippen molar-refractivity contribution in [2.75, 3.05) is 13.7 Å². The SMILES string of the molecule is CCCC(OC)C(NCC)c1ccc(C(F)(F)F)c(F)c1. The van der Waals surface area contributed by atoms with E-state index >= 15 is 0 Å². The van der Waals surface area contributed by atoms with Gasteiger partial charge in [-0.3, -0.25) is 0 Å². The molecular formula is C15H21F4NO. The van der Waals surface area contributed by atoms with Crippen LogP contribution in [0, 0.1) is 5.82 Å². The van der Waals surface area contributed by atoms with E-state index in [1.165, 1.54) is 6.07 Å². The molecule has 21 heavy (non-hydrogen) atoms. The Morgan fingerprint density at radius 1 is 1.24 bits per heavy atom. The number of halogens is 4. The van der Waals surface area contributed by atoms with Gasteiger partial charge in [0.1, 0.15) is 5.82 Å². The van der Waals surface area contributed by atoms with Crippen LogP contribution in [0.4, 0.5) is 17.6 Å². The molecule has 0 saturated heterocycles. The zero-order chi connectivity index (χ0) is 16.0. The highest BCUT2D eigenvalue weighted by molar-refractivity contribution is 5.29. The number of alkyl halides is 3. The van der Waals surface area contributed by atoms with Crippen molar-refractivity contribution in [2.45, 2.75) is 45.0 Å².